The van der Waals surface area contributed by atoms with Gasteiger partial charge in [-0.05, 0) is 51.3 Å². The number of hydrogen-bond acceptors (Lipinski definition) is 3. The summed E-state index contributed by atoms with van der Waals surface area (Å²) in [7, 11) is 1.61. The number of alkyl halides is 1. The van der Waals surface area contributed by atoms with Crippen LogP contribution in [0.25, 0.3) is 0 Å². The molecule has 0 radical (unpaired) electrons. The van der Waals surface area contributed by atoms with Gasteiger partial charge in [0.05, 0.1) is 23.2 Å². The number of benzene rings is 2. The second kappa shape index (κ2) is 7.48. The number of methoxy groups -OCH3 is 1. The summed E-state index contributed by atoms with van der Waals surface area (Å²) in [6, 6.07) is 13.4. The lowest BCUT2D eigenvalue weighted by Gasteiger charge is -2.14. The van der Waals surface area contributed by atoms with Gasteiger partial charge in [0.15, 0.2) is 11.5 Å². The highest BCUT2D eigenvalue weighted by Crippen LogP contribution is 2.37. The molecule has 0 amide bonds. The molecule has 0 saturated heterocycles. The first-order valence-electron chi connectivity index (χ1n) is 6.22. The van der Waals surface area contributed by atoms with Gasteiger partial charge >= 0.3 is 0 Å². The van der Waals surface area contributed by atoms with Crippen LogP contribution in [0.15, 0.2) is 40.9 Å². The minimum atomic E-state index is 0.373. The molecule has 5 heteroatoms. The van der Waals surface area contributed by atoms with Crippen LogP contribution in [0.5, 0.6) is 11.5 Å². The van der Waals surface area contributed by atoms with Crippen LogP contribution in [0.1, 0.15) is 16.7 Å². The van der Waals surface area contributed by atoms with E-state index < -0.39 is 0 Å². The monoisotopic (exact) mass is 409 g/mol. The maximum atomic E-state index is 8.91. The summed E-state index contributed by atoms with van der Waals surface area (Å²) >= 11 is 6.93. The van der Waals surface area contributed by atoms with Crippen LogP contribution in [-0.2, 0) is 11.9 Å². The summed E-state index contributed by atoms with van der Waals surface area (Å²) < 4.78 is 12.1. The minimum Gasteiger partial charge on any atom is -0.493 e. The van der Waals surface area contributed by atoms with Crippen molar-refractivity contribution in [3.63, 3.8) is 0 Å². The molecule has 0 bridgehead atoms. The zero-order valence-corrected chi connectivity index (χ0v) is 14.6. The number of rotatable bonds is 5. The largest absolute Gasteiger partial charge is 0.493 e. The molecule has 21 heavy (non-hydrogen) atoms. The van der Waals surface area contributed by atoms with Crippen LogP contribution in [0.3, 0.4) is 0 Å². The molecule has 0 N–H and O–H groups in total. The van der Waals surface area contributed by atoms with E-state index in [2.05, 4.69) is 37.9 Å². The second-order valence-electron chi connectivity index (χ2n) is 4.34. The van der Waals surface area contributed by atoms with Gasteiger partial charge in [-0.1, -0.05) is 28.1 Å². The summed E-state index contributed by atoms with van der Waals surface area (Å²) in [4.78, 5) is 0. The van der Waals surface area contributed by atoms with E-state index in [0.29, 0.717) is 23.7 Å². The Bertz CT molecular complexity index is 680. The highest BCUT2D eigenvalue weighted by molar-refractivity contribution is 9.10. The molecule has 0 unspecified atom stereocenters. The Balaban J connectivity index is 2.21. The van der Waals surface area contributed by atoms with Gasteiger partial charge in [0.25, 0.3) is 0 Å². The minimum absolute atomic E-state index is 0.373. The van der Waals surface area contributed by atoms with Gasteiger partial charge in [-0.15, -0.1) is 0 Å². The average Bonchev–Trinajstić information content (AvgIpc) is 2.53. The molecule has 0 atom stereocenters. The third-order valence-electron chi connectivity index (χ3n) is 2.88. The van der Waals surface area contributed by atoms with Crippen LogP contribution >= 0.6 is 31.9 Å². The quantitative estimate of drug-likeness (QED) is 0.664. The van der Waals surface area contributed by atoms with Gasteiger partial charge in [0.1, 0.15) is 6.61 Å². The molecule has 3 nitrogen and oxygen atoms in total. The first kappa shape index (κ1) is 15.9. The van der Waals surface area contributed by atoms with Crippen molar-refractivity contribution in [1.29, 1.82) is 5.26 Å². The molecule has 0 heterocycles. The lowest BCUT2D eigenvalue weighted by atomic mass is 10.1. The molecule has 0 aliphatic rings. The summed E-state index contributed by atoms with van der Waals surface area (Å²) in [5.41, 5.74) is 2.65. The van der Waals surface area contributed by atoms with E-state index in [1.54, 1.807) is 13.2 Å². The van der Waals surface area contributed by atoms with E-state index in [-0.39, 0.29) is 0 Å². The van der Waals surface area contributed by atoms with E-state index in [0.717, 1.165) is 20.9 Å². The zero-order valence-electron chi connectivity index (χ0n) is 11.4. The maximum Gasteiger partial charge on any atom is 0.175 e. The molecule has 0 aliphatic carbocycles. The summed E-state index contributed by atoms with van der Waals surface area (Å²) in [5, 5.41) is 9.65. The van der Waals surface area contributed by atoms with Crippen molar-refractivity contribution in [2.75, 3.05) is 7.11 Å². The van der Waals surface area contributed by atoms with Crippen LogP contribution in [0.2, 0.25) is 0 Å². The highest BCUT2D eigenvalue weighted by atomic mass is 79.9. The number of halogens is 2. The van der Waals surface area contributed by atoms with E-state index in [1.807, 2.05) is 30.3 Å². The van der Waals surface area contributed by atoms with E-state index in [4.69, 9.17) is 14.7 Å². The third-order valence-corrected chi connectivity index (χ3v) is 4.12. The van der Waals surface area contributed by atoms with Gasteiger partial charge in [0.2, 0.25) is 0 Å². The Morgan fingerprint density at radius 2 is 2.00 bits per heavy atom. The van der Waals surface area contributed by atoms with Crippen LogP contribution < -0.4 is 9.47 Å². The molecule has 2 rings (SSSR count). The number of ether oxygens (including phenoxy) is 2. The predicted molar refractivity (Wildman–Crippen MR) is 88.8 cm³/mol. The Morgan fingerprint density at radius 1 is 1.19 bits per heavy atom. The SMILES string of the molecule is COc1cc(CBr)cc(Br)c1OCc1cccc(C#N)c1. The first-order chi connectivity index (χ1) is 10.2. The number of hydrogen-bond donors (Lipinski definition) is 0. The Morgan fingerprint density at radius 3 is 2.67 bits per heavy atom. The molecule has 0 saturated carbocycles. The lowest BCUT2D eigenvalue weighted by Crippen LogP contribution is -1.99. The fourth-order valence-corrected chi connectivity index (χ4v) is 2.80. The van der Waals surface area contributed by atoms with Crippen molar-refractivity contribution >= 4 is 31.9 Å². The van der Waals surface area contributed by atoms with Crippen molar-refractivity contribution in [3.8, 4) is 17.6 Å². The predicted octanol–water partition coefficient (Wildman–Crippen LogP) is 4.80. The molecule has 0 aromatic heterocycles. The van der Waals surface area contributed by atoms with E-state index in [1.165, 1.54) is 0 Å². The second-order valence-corrected chi connectivity index (χ2v) is 5.76. The van der Waals surface area contributed by atoms with Crippen LogP contribution in [-0.4, -0.2) is 7.11 Å². The molecule has 2 aromatic rings. The lowest BCUT2D eigenvalue weighted by molar-refractivity contribution is 0.282. The highest BCUT2D eigenvalue weighted by Gasteiger charge is 2.11. The van der Waals surface area contributed by atoms with Crippen molar-refractivity contribution in [3.05, 3.63) is 57.6 Å². The Kier molecular flexibility index (Phi) is 5.66. The molecule has 0 fully saturated rings. The van der Waals surface area contributed by atoms with Gasteiger partial charge in [-0.25, -0.2) is 0 Å². The smallest absolute Gasteiger partial charge is 0.175 e. The van der Waals surface area contributed by atoms with Gasteiger partial charge < -0.3 is 9.47 Å². The molecule has 2 aromatic carbocycles. The van der Waals surface area contributed by atoms with Crippen molar-refractivity contribution in [2.45, 2.75) is 11.9 Å². The van der Waals surface area contributed by atoms with Gasteiger partial charge in [0, 0.05) is 5.33 Å². The van der Waals surface area contributed by atoms with Gasteiger partial charge in [-0.2, -0.15) is 5.26 Å². The fourth-order valence-electron chi connectivity index (χ4n) is 1.88. The maximum absolute atomic E-state index is 8.91. The summed E-state index contributed by atoms with van der Waals surface area (Å²) in [6.45, 7) is 0.373. The molecule has 0 spiro atoms. The van der Waals surface area contributed by atoms with Crippen molar-refractivity contribution in [1.82, 2.24) is 0 Å². The normalized spacial score (nSPS) is 10.0. The first-order valence-corrected chi connectivity index (χ1v) is 8.13. The summed E-state index contributed by atoms with van der Waals surface area (Å²) in [5.74, 6) is 1.33. The topological polar surface area (TPSA) is 42.2 Å². The zero-order chi connectivity index (χ0) is 15.2. The van der Waals surface area contributed by atoms with Crippen LogP contribution in [0.4, 0.5) is 0 Å². The van der Waals surface area contributed by atoms with E-state index in [9.17, 15) is 0 Å². The number of nitriles is 1. The summed E-state index contributed by atoms with van der Waals surface area (Å²) in [6.07, 6.45) is 0. The average molecular weight is 411 g/mol. The Hall–Kier alpha value is -1.51. The fraction of sp³-hybridized carbons (Fsp3) is 0.188. The van der Waals surface area contributed by atoms with Crippen molar-refractivity contribution in [2.24, 2.45) is 0 Å². The van der Waals surface area contributed by atoms with E-state index >= 15 is 0 Å². The van der Waals surface area contributed by atoms with Crippen molar-refractivity contribution < 1.29 is 9.47 Å². The molecular formula is C16H13Br2NO2. The third kappa shape index (κ3) is 3.99. The standard InChI is InChI=1S/C16H13Br2NO2/c1-20-15-7-13(8-17)6-14(18)16(15)21-10-12-4-2-3-11(5-12)9-19/h2-7H,8,10H2,1H3. The van der Waals surface area contributed by atoms with Crippen LogP contribution in [0, 0.1) is 11.3 Å². The molecule has 108 valence electrons. The Labute approximate surface area is 140 Å². The number of nitrogens with zero attached hydrogens (tertiary/aromatic N) is 1. The van der Waals surface area contributed by atoms with Gasteiger partial charge in [-0.3, -0.25) is 0 Å². The molecular weight excluding hydrogens is 398 g/mol. The molecule has 0 aliphatic heterocycles.